The predicted octanol–water partition coefficient (Wildman–Crippen LogP) is -6.07. The molecule has 0 aromatic heterocycles. The predicted molar refractivity (Wildman–Crippen MR) is 256 cm³/mol. The van der Waals surface area contributed by atoms with Gasteiger partial charge in [0.05, 0.1) is 45.1 Å². The molecule has 4 aliphatic carbocycles. The molecular weight excluding hydrogens is 1010 g/mol. The summed E-state index contributed by atoms with van der Waals surface area (Å²) in [6, 6.07) is -7.35. The first-order valence-electron chi connectivity index (χ1n) is 24.3. The highest BCUT2D eigenvalue weighted by Gasteiger charge is 2.70. The molecule has 10 unspecified atom stereocenters. The van der Waals surface area contributed by atoms with Gasteiger partial charge in [-0.15, -0.1) is 0 Å². The van der Waals surface area contributed by atoms with Crippen LogP contribution in [0.1, 0.15) is 51.4 Å². The number of amides is 8. The van der Waals surface area contributed by atoms with E-state index in [1.165, 1.54) is 19.1 Å². The number of methoxy groups -OCH3 is 2. The monoisotopic (exact) mass is 1070 g/mol. The molecule has 8 amide bonds. The lowest BCUT2D eigenvalue weighted by atomic mass is 9.40. The maximum Gasteiger partial charge on any atom is 0.355 e. The molecule has 2 radical (unpaired) electrons. The number of ether oxygens (including phenoxy) is 2. The Hall–Kier alpha value is -8.02. The van der Waals surface area contributed by atoms with E-state index in [1.54, 1.807) is 0 Å². The lowest BCUT2D eigenvalue weighted by Gasteiger charge is -2.61. The van der Waals surface area contributed by atoms with Crippen molar-refractivity contribution >= 4 is 82.8 Å². The molecule has 7 aliphatic rings. The fourth-order valence-corrected chi connectivity index (χ4v) is 10.9. The normalized spacial score (nSPS) is 25.1. The number of hydrogen-bond donors (Lipinski definition) is 12. The molecular formula is C46H61N13O17. The summed E-state index contributed by atoms with van der Waals surface area (Å²) in [6.45, 7) is 0.282. The second-order valence-corrected chi connectivity index (χ2v) is 18.8. The van der Waals surface area contributed by atoms with Crippen LogP contribution >= 0.6 is 0 Å². The van der Waals surface area contributed by atoms with E-state index in [-0.39, 0.29) is 99.2 Å². The topological polar surface area (TPSA) is 465 Å². The molecule has 0 aromatic rings. The van der Waals surface area contributed by atoms with Gasteiger partial charge in [-0.05, 0) is 74.2 Å². The number of imide groups is 1. The molecule has 30 heteroatoms. The van der Waals surface area contributed by atoms with Crippen LogP contribution in [0.25, 0.3) is 0 Å². The summed E-state index contributed by atoms with van der Waals surface area (Å²) in [4.78, 5) is 161. The van der Waals surface area contributed by atoms with Crippen LogP contribution in [0.4, 0.5) is 0 Å². The Kier molecular flexibility index (Phi) is 18.8. The van der Waals surface area contributed by atoms with Crippen LogP contribution in [0.5, 0.6) is 0 Å². The first-order chi connectivity index (χ1) is 36.1. The van der Waals surface area contributed by atoms with Gasteiger partial charge >= 0.3 is 23.9 Å². The summed E-state index contributed by atoms with van der Waals surface area (Å²) >= 11 is 0. The maximum absolute atomic E-state index is 13.9. The van der Waals surface area contributed by atoms with Crippen molar-refractivity contribution < 1.29 is 82.3 Å². The van der Waals surface area contributed by atoms with E-state index in [4.69, 9.17) is 26.7 Å². The quantitative estimate of drug-likeness (QED) is 0.00958. The van der Waals surface area contributed by atoms with Gasteiger partial charge < -0.3 is 73.5 Å². The number of nitrogens with zero attached hydrogens (tertiary/aromatic N) is 4. The number of aliphatic carboxylic acids is 2. The van der Waals surface area contributed by atoms with Crippen molar-refractivity contribution in [3.8, 4) is 0 Å². The third-order valence-electron chi connectivity index (χ3n) is 14.3. The van der Waals surface area contributed by atoms with E-state index >= 15 is 0 Å². The number of fused-ring (bicyclic) bond motifs is 1. The summed E-state index contributed by atoms with van der Waals surface area (Å²) in [7, 11) is 2.42. The highest BCUT2D eigenvalue weighted by atomic mass is 16.5. The number of guanidine groups is 1. The number of nitrogens with two attached hydrogens (primary N) is 3. The van der Waals surface area contributed by atoms with Crippen molar-refractivity contribution in [2.45, 2.75) is 81.6 Å². The Bertz CT molecular complexity index is 2510. The largest absolute Gasteiger partial charge is 0.481 e. The minimum atomic E-state index is -1.87. The van der Waals surface area contributed by atoms with E-state index in [0.29, 0.717) is 25.1 Å². The zero-order chi connectivity index (χ0) is 55.7. The zero-order valence-corrected chi connectivity index (χ0v) is 41.3. The number of hydrogen-bond acceptors (Lipinski definition) is 19. The molecule has 7 rings (SSSR count). The van der Waals surface area contributed by atoms with Crippen molar-refractivity contribution in [2.24, 2.45) is 68.7 Å². The van der Waals surface area contributed by atoms with Crippen LogP contribution in [0.15, 0.2) is 33.5 Å². The van der Waals surface area contributed by atoms with Crippen molar-refractivity contribution in [3.63, 3.8) is 0 Å². The van der Waals surface area contributed by atoms with Crippen molar-refractivity contribution in [1.82, 2.24) is 41.8 Å². The van der Waals surface area contributed by atoms with Gasteiger partial charge in [-0.3, -0.25) is 58.5 Å². The highest BCUT2D eigenvalue weighted by Crippen LogP contribution is 2.67. The van der Waals surface area contributed by atoms with Crippen LogP contribution in [0, 0.1) is 54.5 Å². The summed E-state index contributed by atoms with van der Waals surface area (Å²) in [5.41, 5.74) is 20.2. The Morgan fingerprint density at radius 3 is 2.07 bits per heavy atom. The van der Waals surface area contributed by atoms with Gasteiger partial charge in [0, 0.05) is 25.6 Å². The van der Waals surface area contributed by atoms with Gasteiger partial charge in [0.1, 0.15) is 43.0 Å². The maximum atomic E-state index is 13.9. The van der Waals surface area contributed by atoms with Crippen LogP contribution in [-0.2, 0) is 67.0 Å². The summed E-state index contributed by atoms with van der Waals surface area (Å²) in [6.07, 6.45) is 3.79. The molecule has 30 nitrogen and oxygen atoms in total. The van der Waals surface area contributed by atoms with Gasteiger partial charge in [0.2, 0.25) is 47.3 Å². The highest BCUT2D eigenvalue weighted by molar-refractivity contribution is 6.38. The number of hydrazone groups is 1. The number of aliphatic imine (C=N–C) groups is 1. The minimum absolute atomic E-state index is 0.00491. The lowest BCUT2D eigenvalue weighted by Crippen LogP contribution is -2.63. The van der Waals surface area contributed by atoms with Crippen LogP contribution in [0.2, 0.25) is 0 Å². The van der Waals surface area contributed by atoms with E-state index in [9.17, 15) is 72.9 Å². The fourth-order valence-electron chi connectivity index (χ4n) is 10.9. The van der Waals surface area contributed by atoms with E-state index in [2.05, 4.69) is 42.1 Å². The van der Waals surface area contributed by atoms with Crippen LogP contribution in [0.3, 0.4) is 0 Å². The van der Waals surface area contributed by atoms with E-state index in [0.717, 1.165) is 4.90 Å². The number of esters is 2. The van der Waals surface area contributed by atoms with E-state index < -0.39 is 132 Å². The molecule has 2 bridgehead atoms. The molecule has 2 saturated carbocycles. The van der Waals surface area contributed by atoms with Gasteiger partial charge in [0.25, 0.3) is 0 Å². The molecule has 0 spiro atoms. The Labute approximate surface area is 433 Å². The van der Waals surface area contributed by atoms with Crippen molar-refractivity contribution in [3.05, 3.63) is 36.5 Å². The third kappa shape index (κ3) is 12.4. The molecule has 4 fully saturated rings. The molecule has 0 aromatic carbocycles. The Balaban J connectivity index is 0.968. The fraction of sp³-hybridized carbons (Fsp3) is 0.565. The van der Waals surface area contributed by atoms with Crippen LogP contribution < -0.4 is 49.2 Å². The molecule has 3 aliphatic heterocycles. The number of rotatable bonds is 26. The van der Waals surface area contributed by atoms with Gasteiger partial charge in [-0.2, -0.15) is 5.10 Å². The molecule has 2 saturated heterocycles. The third-order valence-corrected chi connectivity index (χ3v) is 14.3. The number of carboxylic acids is 2. The van der Waals surface area contributed by atoms with Crippen LogP contribution in [-0.4, -0.2) is 179 Å². The van der Waals surface area contributed by atoms with Gasteiger partial charge in [-0.25, -0.2) is 14.4 Å². The molecule has 12 atom stereocenters. The number of aliphatic hydroxyl groups is 1. The minimum Gasteiger partial charge on any atom is -0.481 e. The summed E-state index contributed by atoms with van der Waals surface area (Å²) in [5, 5.41) is 43.7. The first kappa shape index (κ1) is 57.3. The summed E-state index contributed by atoms with van der Waals surface area (Å²) in [5.74, 6) is -15.0. The number of carboxylic acid groups (broad SMARTS) is 2. The Morgan fingerprint density at radius 1 is 0.816 bits per heavy atom. The van der Waals surface area contributed by atoms with Gasteiger partial charge in [0.15, 0.2) is 11.7 Å². The summed E-state index contributed by atoms with van der Waals surface area (Å²) < 4.78 is 9.92. The SMILES string of the molecule is COC(=O)C1=NNC(C(=O)OC)=C2C1C1C2C2C=CC1[C@@H]1C(=O)N(CCCC[C@H](N)C(=O)N[CH]C(=O)NC(CCCN=C(N)N)C(=O)N[CH]C(=O)NC(CC(=O)O)C(=O)NC(CO)C(=O)N3CCCC3C(=O)O)C(=O)C21. The van der Waals surface area contributed by atoms with Gasteiger partial charge in [-0.1, -0.05) is 12.2 Å². The average molecular weight is 1070 g/mol. The second-order valence-electron chi connectivity index (χ2n) is 18.8. The molecule has 76 heavy (non-hydrogen) atoms. The first-order valence-corrected chi connectivity index (χ1v) is 24.3. The molecule has 3 heterocycles. The molecule has 15 N–H and O–H groups in total. The second kappa shape index (κ2) is 25.0. The zero-order valence-electron chi connectivity index (χ0n) is 41.3. The Morgan fingerprint density at radius 2 is 1.45 bits per heavy atom. The standard InChI is InChI=1S/C46H61N13O17/c1-75-44(73)35-33-29-19-10-11-20(30(29)34(33)36(57-56-35)45(74)76-2)32-31(19)41(69)59(42(32)70)13-4-3-7-21(47)37(65)51-16-26(61)53-22(8-5-12-50-46(48)49)38(66)52-17-27(62)54-23(15-28(63)64)39(67)55-24(18-60)40(68)58-14-6-9-25(58)43(71)72/h10-11,16-17,19-25,29-33,57,60H,3-9,12-15,18,47H2,1-2H3,(H,51,65)(H,52,66)(H,53,61)(H,54,62)(H,55,67)(H,63,64)(H,71,72)(H4,48,49,50)/t19?,20?,21-,22?,23?,24?,25?,29?,30?,31-,32?,33?/m0/s1. The van der Waals surface area contributed by atoms with E-state index in [1.807, 2.05) is 12.2 Å². The number of nitrogens with one attached hydrogen (secondary N) is 6. The van der Waals surface area contributed by atoms with Crippen molar-refractivity contribution in [1.29, 1.82) is 0 Å². The number of aliphatic hydroxyl groups excluding tert-OH is 1. The lowest BCUT2D eigenvalue weighted by molar-refractivity contribution is -0.150. The smallest absolute Gasteiger partial charge is 0.355 e. The molecule has 412 valence electrons. The average Bonchev–Trinajstić information content (AvgIpc) is 3.99. The number of carbonyl (C=O) groups excluding carboxylic acids is 10. The number of unbranched alkanes of at least 4 members (excludes halogenated alkanes) is 1. The van der Waals surface area contributed by atoms with Crippen molar-refractivity contribution in [2.75, 3.05) is 40.5 Å². The number of likely N-dealkylation sites (tertiary alicyclic amines) is 2. The number of allylic oxidation sites excluding steroid dienone is 3. The number of carbonyl (C=O) groups is 12.